The maximum atomic E-state index is 5.59. The van der Waals surface area contributed by atoms with Gasteiger partial charge in [-0.05, 0) is 12.8 Å². The van der Waals surface area contributed by atoms with Crippen molar-refractivity contribution in [1.29, 1.82) is 0 Å². The summed E-state index contributed by atoms with van der Waals surface area (Å²) >= 11 is 0. The molecule has 0 spiro atoms. The molecule has 0 unspecified atom stereocenters. The predicted octanol–water partition coefficient (Wildman–Crippen LogP) is 2.19. The Morgan fingerprint density at radius 2 is 1.94 bits per heavy atom. The number of hydrogen-bond donors (Lipinski definition) is 0. The van der Waals surface area contributed by atoms with Crippen molar-refractivity contribution < 1.29 is 13.9 Å². The molecular weight excluding hydrogens is 220 g/mol. The van der Waals surface area contributed by atoms with Gasteiger partial charge in [0, 0.05) is 27.2 Å². The Hall–Kier alpha value is -0.163. The summed E-state index contributed by atoms with van der Waals surface area (Å²) in [5.74, 6) is 0. The van der Waals surface area contributed by atoms with Crippen molar-refractivity contribution in [3.05, 3.63) is 11.8 Å². The van der Waals surface area contributed by atoms with Gasteiger partial charge in [0.1, 0.15) is 0 Å². The van der Waals surface area contributed by atoms with Crippen molar-refractivity contribution >= 4 is 9.76 Å². The van der Waals surface area contributed by atoms with Crippen LogP contribution in [0.25, 0.3) is 0 Å². The Kier molecular flexibility index (Phi) is 12.8. The summed E-state index contributed by atoms with van der Waals surface area (Å²) in [5.41, 5.74) is 2.24. The van der Waals surface area contributed by atoms with E-state index < -0.39 is 9.76 Å². The van der Waals surface area contributed by atoms with Crippen molar-refractivity contribution in [2.45, 2.75) is 45.3 Å². The quantitative estimate of drug-likeness (QED) is 0.318. The van der Waals surface area contributed by atoms with Crippen LogP contribution < -0.4 is 0 Å². The second-order valence-corrected chi connectivity index (χ2v) is 4.94. The van der Waals surface area contributed by atoms with E-state index in [0.29, 0.717) is 0 Å². The Bertz CT molecular complexity index is 158. The van der Waals surface area contributed by atoms with E-state index >= 15 is 0 Å². The smallest absolute Gasteiger partial charge is 0.184 e. The van der Waals surface area contributed by atoms with Crippen molar-refractivity contribution in [1.82, 2.24) is 0 Å². The van der Waals surface area contributed by atoms with E-state index in [-0.39, 0.29) is 6.29 Å². The number of hydrogen-bond acceptors (Lipinski definition) is 3. The normalized spacial score (nSPS) is 12.5. The summed E-state index contributed by atoms with van der Waals surface area (Å²) in [5, 5.41) is 0. The third kappa shape index (κ3) is 10.4. The monoisotopic (exact) mass is 246 g/mol. The maximum Gasteiger partial charge on any atom is 0.184 e. The topological polar surface area (TPSA) is 27.7 Å². The van der Waals surface area contributed by atoms with E-state index in [1.165, 1.54) is 19.3 Å². The molecular formula is C12H26O3Si. The lowest BCUT2D eigenvalue weighted by molar-refractivity contribution is -0.107. The number of rotatable bonds is 11. The molecule has 0 heterocycles. The largest absolute Gasteiger partial charge is 0.419 e. The fourth-order valence-electron chi connectivity index (χ4n) is 1.34. The van der Waals surface area contributed by atoms with Crippen LogP contribution in [0.4, 0.5) is 0 Å². The second-order valence-electron chi connectivity index (χ2n) is 3.73. The van der Waals surface area contributed by atoms with Crippen LogP contribution >= 0.6 is 0 Å². The molecule has 0 fully saturated rings. The molecule has 0 rings (SSSR count). The fraction of sp³-hybridized carbons (Fsp3) is 0.833. The minimum Gasteiger partial charge on any atom is -0.419 e. The molecule has 0 N–H and O–H groups in total. The molecule has 96 valence electrons. The van der Waals surface area contributed by atoms with Crippen LogP contribution in [0.15, 0.2) is 11.8 Å². The molecule has 0 aliphatic carbocycles. The highest BCUT2D eigenvalue weighted by molar-refractivity contribution is 6.34. The summed E-state index contributed by atoms with van der Waals surface area (Å²) in [6.45, 7) is 3.04. The molecule has 16 heavy (non-hydrogen) atoms. The maximum absolute atomic E-state index is 5.59. The zero-order valence-electron chi connectivity index (χ0n) is 10.9. The molecule has 0 bridgehead atoms. The summed E-state index contributed by atoms with van der Waals surface area (Å²) < 4.78 is 15.8. The molecule has 4 heteroatoms. The standard InChI is InChI=1S/C12H26O3Si/c1-4-5-6-7-11-16-15-10-8-9-12(13-2)14-3/h7,11-12H,4-6,8-10,16H2,1-3H3. The minimum absolute atomic E-state index is 0.0784. The van der Waals surface area contributed by atoms with Crippen LogP contribution in [0, 0.1) is 0 Å². The van der Waals surface area contributed by atoms with Crippen LogP contribution in [0.3, 0.4) is 0 Å². The molecule has 0 radical (unpaired) electrons. The average Bonchev–Trinajstić information content (AvgIpc) is 2.32. The number of unbranched alkanes of at least 4 members (excludes halogenated alkanes) is 2. The molecule has 0 saturated heterocycles. The minimum atomic E-state index is -0.436. The Labute approximate surface area is 102 Å². The van der Waals surface area contributed by atoms with Gasteiger partial charge >= 0.3 is 0 Å². The van der Waals surface area contributed by atoms with Crippen LogP contribution in [0.1, 0.15) is 39.0 Å². The number of allylic oxidation sites excluding steroid dienone is 1. The summed E-state index contributed by atoms with van der Waals surface area (Å²) in [6.07, 6.45) is 7.83. The predicted molar refractivity (Wildman–Crippen MR) is 70.2 cm³/mol. The zero-order chi connectivity index (χ0) is 12.1. The molecule has 0 aromatic rings. The molecule has 0 atom stereocenters. The summed E-state index contributed by atoms with van der Waals surface area (Å²) in [7, 11) is 2.90. The highest BCUT2D eigenvalue weighted by Crippen LogP contribution is 2.01. The number of ether oxygens (including phenoxy) is 2. The molecule has 0 aromatic carbocycles. The van der Waals surface area contributed by atoms with E-state index in [1.807, 2.05) is 0 Å². The first-order chi connectivity index (χ1) is 7.85. The van der Waals surface area contributed by atoms with Crippen LogP contribution in [0.5, 0.6) is 0 Å². The van der Waals surface area contributed by atoms with Crippen molar-refractivity contribution in [3.63, 3.8) is 0 Å². The molecule has 3 nitrogen and oxygen atoms in total. The highest BCUT2D eigenvalue weighted by Gasteiger charge is 2.03. The molecule has 0 aromatic heterocycles. The SMILES string of the molecule is CCCCC=C[SiH2]OCCCC(OC)OC. The summed E-state index contributed by atoms with van der Waals surface area (Å²) in [4.78, 5) is 0. The Morgan fingerprint density at radius 3 is 2.56 bits per heavy atom. The molecule has 0 saturated carbocycles. The first-order valence-electron chi connectivity index (χ1n) is 6.13. The lowest BCUT2D eigenvalue weighted by Gasteiger charge is -2.12. The van der Waals surface area contributed by atoms with Gasteiger partial charge in [-0.15, -0.1) is 0 Å². The third-order valence-electron chi connectivity index (χ3n) is 2.36. The third-order valence-corrected chi connectivity index (χ3v) is 3.41. The van der Waals surface area contributed by atoms with Crippen LogP contribution in [0.2, 0.25) is 0 Å². The van der Waals surface area contributed by atoms with E-state index in [0.717, 1.165) is 19.4 Å². The van der Waals surface area contributed by atoms with Gasteiger partial charge in [0.15, 0.2) is 16.1 Å². The van der Waals surface area contributed by atoms with Gasteiger partial charge in [0.05, 0.1) is 0 Å². The second kappa shape index (κ2) is 12.9. The Balaban J connectivity index is 3.17. The average molecular weight is 246 g/mol. The van der Waals surface area contributed by atoms with E-state index in [1.54, 1.807) is 14.2 Å². The fourth-order valence-corrected chi connectivity index (χ4v) is 2.22. The van der Waals surface area contributed by atoms with Crippen molar-refractivity contribution in [2.24, 2.45) is 0 Å². The zero-order valence-corrected chi connectivity index (χ0v) is 12.3. The molecule has 0 aliphatic heterocycles. The van der Waals surface area contributed by atoms with Gasteiger partial charge in [0.2, 0.25) is 0 Å². The van der Waals surface area contributed by atoms with E-state index in [9.17, 15) is 0 Å². The van der Waals surface area contributed by atoms with Gasteiger partial charge in [-0.3, -0.25) is 0 Å². The first-order valence-corrected chi connectivity index (χ1v) is 7.52. The lowest BCUT2D eigenvalue weighted by Crippen LogP contribution is -2.13. The Morgan fingerprint density at radius 1 is 1.19 bits per heavy atom. The molecule has 0 aliphatic rings. The van der Waals surface area contributed by atoms with Gasteiger partial charge in [-0.25, -0.2) is 0 Å². The first kappa shape index (κ1) is 15.8. The van der Waals surface area contributed by atoms with Gasteiger partial charge < -0.3 is 13.9 Å². The van der Waals surface area contributed by atoms with Crippen molar-refractivity contribution in [2.75, 3.05) is 20.8 Å². The van der Waals surface area contributed by atoms with E-state index in [2.05, 4.69) is 18.7 Å². The molecule has 0 amide bonds. The van der Waals surface area contributed by atoms with Crippen LogP contribution in [-0.2, 0) is 13.9 Å². The van der Waals surface area contributed by atoms with Crippen LogP contribution in [-0.4, -0.2) is 36.9 Å². The van der Waals surface area contributed by atoms with Gasteiger partial charge in [-0.1, -0.05) is 31.5 Å². The van der Waals surface area contributed by atoms with E-state index in [4.69, 9.17) is 13.9 Å². The summed E-state index contributed by atoms with van der Waals surface area (Å²) in [6, 6.07) is 0. The van der Waals surface area contributed by atoms with Crippen molar-refractivity contribution in [3.8, 4) is 0 Å². The van der Waals surface area contributed by atoms with Gasteiger partial charge in [0.25, 0.3) is 0 Å². The van der Waals surface area contributed by atoms with Gasteiger partial charge in [-0.2, -0.15) is 0 Å². The number of methoxy groups -OCH3 is 2. The lowest BCUT2D eigenvalue weighted by atomic mass is 10.2. The highest BCUT2D eigenvalue weighted by atomic mass is 28.2.